The Labute approximate surface area is 207 Å². The lowest BCUT2D eigenvalue weighted by Crippen LogP contribution is -2.41. The maximum absolute atomic E-state index is 3.92. The molecular weight excluding hydrogens is 416 g/mol. The van der Waals surface area contributed by atoms with Crippen LogP contribution >= 0.6 is 0 Å². The van der Waals surface area contributed by atoms with Crippen molar-refractivity contribution in [3.63, 3.8) is 0 Å². The van der Waals surface area contributed by atoms with Gasteiger partial charge in [-0.15, -0.1) is 13.2 Å². The standard InChI is InChI=1S/C30H42N4/c1-5-19-31(20-6-2)23-25-33(26-24-32(21-7-3)22-8-4)27-28-34(29-15-11-9-12-16-29)30-17-13-10-14-18-30/h5-18,20,22H,1,3,19,21,23-28H2,2,4H3/b20-6+,22-8+. The van der Waals surface area contributed by atoms with Crippen LogP contribution in [0.2, 0.25) is 0 Å². The first-order valence-corrected chi connectivity index (χ1v) is 12.3. The smallest absolute Gasteiger partial charge is 0.0411 e. The molecule has 0 N–H and O–H groups in total. The number of hydrogen-bond acceptors (Lipinski definition) is 4. The van der Waals surface area contributed by atoms with Gasteiger partial charge in [0.25, 0.3) is 0 Å². The van der Waals surface area contributed by atoms with Crippen molar-refractivity contribution in [2.45, 2.75) is 13.8 Å². The SMILES string of the molecule is C=CCN(/C=C/C)CCN(CCN(/C=C/C)CC=C)CCN(c1ccccc1)c1ccccc1. The lowest BCUT2D eigenvalue weighted by molar-refractivity contribution is 0.226. The normalized spacial score (nSPS) is 11.3. The number of hydrogen-bond donors (Lipinski definition) is 0. The molecule has 2 aromatic carbocycles. The zero-order valence-corrected chi connectivity index (χ0v) is 21.1. The second kappa shape index (κ2) is 16.4. The van der Waals surface area contributed by atoms with Crippen molar-refractivity contribution in [1.29, 1.82) is 0 Å². The van der Waals surface area contributed by atoms with Gasteiger partial charge in [-0.05, 0) is 50.5 Å². The van der Waals surface area contributed by atoms with Crippen molar-refractivity contribution in [3.8, 4) is 0 Å². The van der Waals surface area contributed by atoms with Crippen LogP contribution in [0, 0.1) is 0 Å². The van der Waals surface area contributed by atoms with E-state index in [1.807, 2.05) is 12.2 Å². The zero-order valence-electron chi connectivity index (χ0n) is 21.1. The van der Waals surface area contributed by atoms with Gasteiger partial charge in [-0.2, -0.15) is 0 Å². The van der Waals surface area contributed by atoms with Crippen LogP contribution in [0.15, 0.2) is 111 Å². The van der Waals surface area contributed by atoms with Gasteiger partial charge in [0.2, 0.25) is 0 Å². The van der Waals surface area contributed by atoms with Crippen LogP contribution in [0.4, 0.5) is 11.4 Å². The van der Waals surface area contributed by atoms with Gasteiger partial charge in [0, 0.05) is 63.7 Å². The van der Waals surface area contributed by atoms with E-state index in [2.05, 4.69) is 132 Å². The summed E-state index contributed by atoms with van der Waals surface area (Å²) in [4.78, 5) is 9.62. The molecule has 0 aromatic heterocycles. The van der Waals surface area contributed by atoms with Gasteiger partial charge >= 0.3 is 0 Å². The Bertz CT molecular complexity index is 790. The maximum Gasteiger partial charge on any atom is 0.0411 e. The first-order valence-electron chi connectivity index (χ1n) is 12.3. The van der Waals surface area contributed by atoms with Crippen molar-refractivity contribution in [1.82, 2.24) is 14.7 Å². The third-order valence-electron chi connectivity index (χ3n) is 5.63. The molecule has 0 amide bonds. The number of anilines is 2. The summed E-state index contributed by atoms with van der Waals surface area (Å²) in [5, 5.41) is 0. The minimum Gasteiger partial charge on any atom is -0.373 e. The van der Waals surface area contributed by atoms with Gasteiger partial charge in [-0.25, -0.2) is 0 Å². The van der Waals surface area contributed by atoms with Crippen LogP contribution in [-0.2, 0) is 0 Å². The molecular formula is C30H42N4. The minimum absolute atomic E-state index is 0.861. The topological polar surface area (TPSA) is 13.0 Å². The summed E-state index contributed by atoms with van der Waals surface area (Å²) < 4.78 is 0. The van der Waals surface area contributed by atoms with Gasteiger partial charge in [0.1, 0.15) is 0 Å². The molecule has 0 atom stereocenters. The highest BCUT2D eigenvalue weighted by atomic mass is 15.2. The maximum atomic E-state index is 3.92. The Kier molecular flexibility index (Phi) is 13.0. The third-order valence-corrected chi connectivity index (χ3v) is 5.63. The van der Waals surface area contributed by atoms with Gasteiger partial charge < -0.3 is 14.7 Å². The molecule has 0 spiro atoms. The van der Waals surface area contributed by atoms with Gasteiger partial charge in [0.15, 0.2) is 0 Å². The summed E-state index contributed by atoms with van der Waals surface area (Å²) in [6.07, 6.45) is 12.4. The summed E-state index contributed by atoms with van der Waals surface area (Å²) in [6, 6.07) is 21.3. The molecule has 4 nitrogen and oxygen atoms in total. The van der Waals surface area contributed by atoms with E-state index in [4.69, 9.17) is 0 Å². The predicted octanol–water partition coefficient (Wildman–Crippen LogP) is 6.17. The predicted molar refractivity (Wildman–Crippen MR) is 149 cm³/mol. The quantitative estimate of drug-likeness (QED) is 0.263. The highest BCUT2D eigenvalue weighted by Crippen LogP contribution is 2.24. The Morgan fingerprint density at radius 3 is 1.38 bits per heavy atom. The molecule has 0 heterocycles. The second-order valence-electron chi connectivity index (χ2n) is 8.20. The Morgan fingerprint density at radius 2 is 1.00 bits per heavy atom. The fourth-order valence-electron chi connectivity index (χ4n) is 3.95. The van der Waals surface area contributed by atoms with Crippen LogP contribution in [-0.4, -0.2) is 67.1 Å². The molecule has 182 valence electrons. The van der Waals surface area contributed by atoms with Gasteiger partial charge in [-0.3, -0.25) is 4.90 Å². The Balaban J connectivity index is 2.14. The van der Waals surface area contributed by atoms with Crippen LogP contribution in [0.5, 0.6) is 0 Å². The minimum atomic E-state index is 0.861. The first kappa shape index (κ1) is 27.0. The monoisotopic (exact) mass is 458 g/mol. The van der Waals surface area contributed by atoms with Crippen molar-refractivity contribution in [2.24, 2.45) is 0 Å². The van der Waals surface area contributed by atoms with Crippen LogP contribution in [0.25, 0.3) is 0 Å². The molecule has 0 aliphatic heterocycles. The molecule has 2 rings (SSSR count). The number of rotatable bonds is 17. The lowest BCUT2D eigenvalue weighted by atomic mass is 10.2. The fraction of sp³-hybridized carbons (Fsp3) is 0.333. The summed E-state index contributed by atoms with van der Waals surface area (Å²) in [6.45, 7) is 19.5. The molecule has 0 unspecified atom stereocenters. The van der Waals surface area contributed by atoms with Gasteiger partial charge in [0.05, 0.1) is 0 Å². The summed E-state index contributed by atoms with van der Waals surface area (Å²) in [5.41, 5.74) is 2.44. The number of benzene rings is 2. The molecule has 0 saturated heterocycles. The number of nitrogens with zero attached hydrogens (tertiary/aromatic N) is 4. The highest BCUT2D eigenvalue weighted by molar-refractivity contribution is 5.62. The molecule has 0 aliphatic carbocycles. The molecule has 0 bridgehead atoms. The van der Waals surface area contributed by atoms with Crippen molar-refractivity contribution in [2.75, 3.05) is 57.3 Å². The number of para-hydroxylation sites is 2. The fourth-order valence-corrected chi connectivity index (χ4v) is 3.95. The van der Waals surface area contributed by atoms with E-state index >= 15 is 0 Å². The van der Waals surface area contributed by atoms with Crippen LogP contribution in [0.1, 0.15) is 13.8 Å². The molecule has 0 aliphatic rings. The van der Waals surface area contributed by atoms with E-state index in [9.17, 15) is 0 Å². The van der Waals surface area contributed by atoms with Crippen molar-refractivity contribution >= 4 is 11.4 Å². The summed E-state index contributed by atoms with van der Waals surface area (Å²) in [5.74, 6) is 0. The zero-order chi connectivity index (χ0) is 24.4. The van der Waals surface area contributed by atoms with E-state index in [0.29, 0.717) is 0 Å². The molecule has 0 saturated carbocycles. The van der Waals surface area contributed by atoms with Gasteiger partial charge in [-0.1, -0.05) is 60.7 Å². The molecule has 0 radical (unpaired) electrons. The molecule has 0 fully saturated rings. The third kappa shape index (κ3) is 9.72. The Hall–Kier alpha value is -3.24. The molecule has 2 aromatic rings. The Morgan fingerprint density at radius 1 is 0.588 bits per heavy atom. The highest BCUT2D eigenvalue weighted by Gasteiger charge is 2.13. The van der Waals surface area contributed by atoms with Crippen molar-refractivity contribution in [3.05, 3.63) is 111 Å². The molecule has 34 heavy (non-hydrogen) atoms. The average molecular weight is 459 g/mol. The summed E-state index contributed by atoms with van der Waals surface area (Å²) >= 11 is 0. The molecule has 4 heteroatoms. The largest absolute Gasteiger partial charge is 0.373 e. The van der Waals surface area contributed by atoms with E-state index < -0.39 is 0 Å². The number of allylic oxidation sites excluding steroid dienone is 2. The van der Waals surface area contributed by atoms with Crippen molar-refractivity contribution < 1.29 is 0 Å². The first-order chi connectivity index (χ1) is 16.7. The average Bonchev–Trinajstić information content (AvgIpc) is 2.87. The van der Waals surface area contributed by atoms with E-state index in [1.54, 1.807) is 0 Å². The van der Waals surface area contributed by atoms with E-state index in [1.165, 1.54) is 11.4 Å². The summed E-state index contributed by atoms with van der Waals surface area (Å²) in [7, 11) is 0. The van der Waals surface area contributed by atoms with Crippen LogP contribution < -0.4 is 4.90 Å². The second-order valence-corrected chi connectivity index (χ2v) is 8.20. The van der Waals surface area contributed by atoms with Crippen LogP contribution in [0.3, 0.4) is 0 Å². The van der Waals surface area contributed by atoms with E-state index in [0.717, 1.165) is 52.4 Å². The lowest BCUT2D eigenvalue weighted by Gasteiger charge is -2.32. The van der Waals surface area contributed by atoms with E-state index in [-0.39, 0.29) is 0 Å².